The highest BCUT2D eigenvalue weighted by Crippen LogP contribution is 2.60. The Morgan fingerprint density at radius 3 is 2.53 bits per heavy atom. The Kier molecular flexibility index (Phi) is 7.21. The van der Waals surface area contributed by atoms with E-state index in [-0.39, 0.29) is 30.5 Å². The molecule has 6 atom stereocenters. The van der Waals surface area contributed by atoms with E-state index in [2.05, 4.69) is 40.0 Å². The number of amides is 2. The Hall–Kier alpha value is -2.17. The van der Waals surface area contributed by atoms with Gasteiger partial charge in [0.25, 0.3) is 0 Å². The van der Waals surface area contributed by atoms with Gasteiger partial charge in [-0.3, -0.25) is 14.4 Å². The highest BCUT2D eigenvalue weighted by atomic mass is 79.9. The van der Waals surface area contributed by atoms with Crippen LogP contribution in [0.2, 0.25) is 0 Å². The predicted octanol–water partition coefficient (Wildman–Crippen LogP) is 1.77. The Labute approximate surface area is 207 Å². The summed E-state index contributed by atoms with van der Waals surface area (Å²) >= 11 is 3.60. The second-order valence-electron chi connectivity index (χ2n) is 8.88. The summed E-state index contributed by atoms with van der Waals surface area (Å²) in [6.07, 6.45) is -0.141. The van der Waals surface area contributed by atoms with Crippen LogP contribution in [0.15, 0.2) is 24.3 Å². The van der Waals surface area contributed by atoms with Crippen LogP contribution in [0, 0.1) is 11.8 Å². The summed E-state index contributed by atoms with van der Waals surface area (Å²) in [5.74, 6) is -2.86. The van der Waals surface area contributed by atoms with E-state index < -0.39 is 41.5 Å². The molecule has 0 saturated carbocycles. The first kappa shape index (κ1) is 24.9. The molecule has 0 radical (unpaired) electrons. The molecule has 3 heterocycles. The van der Waals surface area contributed by atoms with Crippen molar-refractivity contribution in [2.45, 2.75) is 49.8 Å². The Morgan fingerprint density at radius 1 is 1.26 bits per heavy atom. The van der Waals surface area contributed by atoms with Crippen molar-refractivity contribution < 1.29 is 29.0 Å². The lowest BCUT2D eigenvalue weighted by atomic mass is 9.70. The quantitative estimate of drug-likeness (QED) is 0.365. The van der Waals surface area contributed by atoms with Crippen LogP contribution in [0.3, 0.4) is 0 Å². The molecule has 186 valence electrons. The zero-order valence-electron chi connectivity index (χ0n) is 19.7. The monoisotopic (exact) mass is 537 g/mol. The number of aliphatic hydroxyl groups is 1. The molecule has 3 aliphatic heterocycles. The van der Waals surface area contributed by atoms with E-state index in [0.29, 0.717) is 12.1 Å². The average Bonchev–Trinajstić information content (AvgIpc) is 3.40. The number of esters is 1. The molecule has 2 N–H and O–H groups in total. The summed E-state index contributed by atoms with van der Waals surface area (Å²) in [4.78, 5) is 43.2. The van der Waals surface area contributed by atoms with E-state index in [0.717, 1.165) is 18.8 Å². The number of likely N-dealkylation sites (tertiary alicyclic amines) is 1. The van der Waals surface area contributed by atoms with E-state index in [4.69, 9.17) is 9.47 Å². The number of aliphatic hydroxyl groups excluding tert-OH is 1. The number of β-amino-alcohol motifs (C(OH)–C–C–N with tert-alkyl or cyclic N) is 1. The normalized spacial score (nSPS) is 31.5. The van der Waals surface area contributed by atoms with Crippen molar-refractivity contribution in [3.05, 3.63) is 24.3 Å². The maximum Gasteiger partial charge on any atom is 0.312 e. The number of anilines is 2. The second kappa shape index (κ2) is 9.83. The molecular weight excluding hydrogens is 506 g/mol. The fourth-order valence-corrected chi connectivity index (χ4v) is 6.78. The lowest BCUT2D eigenvalue weighted by molar-refractivity contribution is -0.154. The number of nitrogens with zero attached hydrogens (tertiary/aromatic N) is 2. The standard InChI is InChI=1S/C24H32BrN3O6/c1-4-27(5-2)15-9-7-14(8-10-15)26-21(30)20-24-13-16(25)19(34-24)17(23(32)33-6-3)18(24)22(31)28(20)11-12-29/h7-10,16-20,29H,4-6,11-13H2,1-3H3,(H,26,30)/t16?,17-,18+,19-,20-,24+/m1/s1. The van der Waals surface area contributed by atoms with E-state index in [1.165, 1.54) is 4.90 Å². The van der Waals surface area contributed by atoms with E-state index in [1.807, 2.05) is 24.3 Å². The third-order valence-corrected chi connectivity index (χ3v) is 8.05. The molecule has 1 unspecified atom stereocenters. The van der Waals surface area contributed by atoms with E-state index in [9.17, 15) is 19.5 Å². The number of hydrogen-bond donors (Lipinski definition) is 2. The second-order valence-corrected chi connectivity index (χ2v) is 10.1. The number of benzene rings is 1. The van der Waals surface area contributed by atoms with Crippen LogP contribution in [0.5, 0.6) is 0 Å². The number of rotatable bonds is 9. The third-order valence-electron chi connectivity index (χ3n) is 7.20. The van der Waals surface area contributed by atoms with E-state index in [1.54, 1.807) is 6.92 Å². The molecular formula is C24H32BrN3O6. The summed E-state index contributed by atoms with van der Waals surface area (Å²) < 4.78 is 11.6. The number of halogens is 1. The molecule has 3 saturated heterocycles. The minimum atomic E-state index is -1.16. The van der Waals surface area contributed by atoms with Gasteiger partial charge >= 0.3 is 5.97 Å². The first-order chi connectivity index (χ1) is 16.3. The van der Waals surface area contributed by atoms with Crippen LogP contribution >= 0.6 is 15.9 Å². The molecule has 3 fully saturated rings. The average molecular weight is 538 g/mol. The van der Waals surface area contributed by atoms with Gasteiger partial charge in [0.1, 0.15) is 11.6 Å². The van der Waals surface area contributed by atoms with Gasteiger partial charge in [-0.2, -0.15) is 0 Å². The van der Waals surface area contributed by atoms with Crippen molar-refractivity contribution in [1.29, 1.82) is 0 Å². The Morgan fingerprint density at radius 2 is 1.94 bits per heavy atom. The highest BCUT2D eigenvalue weighted by molar-refractivity contribution is 9.09. The summed E-state index contributed by atoms with van der Waals surface area (Å²) in [5, 5.41) is 12.6. The minimum absolute atomic E-state index is 0.0212. The van der Waals surface area contributed by atoms with Gasteiger partial charge in [-0.1, -0.05) is 15.9 Å². The zero-order chi connectivity index (χ0) is 24.6. The predicted molar refractivity (Wildman–Crippen MR) is 130 cm³/mol. The Bertz CT molecular complexity index is 939. The molecule has 1 aromatic rings. The van der Waals surface area contributed by atoms with Gasteiger partial charge in [-0.15, -0.1) is 0 Å². The van der Waals surface area contributed by atoms with Crippen LogP contribution in [-0.4, -0.2) is 83.2 Å². The summed E-state index contributed by atoms with van der Waals surface area (Å²) in [6.45, 7) is 7.49. The van der Waals surface area contributed by atoms with Crippen molar-refractivity contribution in [2.75, 3.05) is 43.1 Å². The number of nitrogens with one attached hydrogen (secondary N) is 1. The summed E-state index contributed by atoms with van der Waals surface area (Å²) in [5.41, 5.74) is 0.493. The SMILES string of the molecule is CCOC(=O)[C@H]1[C@@H]2O[C@@]3(CC2Br)[C@@H]1C(=O)N(CCO)[C@@H]3C(=O)Nc1ccc(N(CC)CC)cc1. The van der Waals surface area contributed by atoms with Crippen LogP contribution in [0.1, 0.15) is 27.2 Å². The first-order valence-electron chi connectivity index (χ1n) is 11.9. The van der Waals surface area contributed by atoms with Crippen LogP contribution in [-0.2, 0) is 23.9 Å². The summed E-state index contributed by atoms with van der Waals surface area (Å²) in [7, 11) is 0. The molecule has 3 aliphatic rings. The molecule has 1 spiro atoms. The molecule has 4 rings (SSSR count). The van der Waals surface area contributed by atoms with Gasteiger partial charge in [-0.05, 0) is 51.5 Å². The molecule has 10 heteroatoms. The molecule has 9 nitrogen and oxygen atoms in total. The van der Waals surface area contributed by atoms with E-state index >= 15 is 0 Å². The largest absolute Gasteiger partial charge is 0.466 e. The number of ether oxygens (including phenoxy) is 2. The van der Waals surface area contributed by atoms with Gasteiger partial charge in [0.15, 0.2) is 0 Å². The number of carbonyl (C=O) groups is 3. The maximum absolute atomic E-state index is 13.6. The van der Waals surface area contributed by atoms with Crippen molar-refractivity contribution in [3.63, 3.8) is 0 Å². The topological polar surface area (TPSA) is 108 Å². The van der Waals surface area contributed by atoms with Gasteiger partial charge in [-0.25, -0.2) is 0 Å². The van der Waals surface area contributed by atoms with Gasteiger partial charge < -0.3 is 29.7 Å². The van der Waals surface area contributed by atoms with Crippen molar-refractivity contribution in [2.24, 2.45) is 11.8 Å². The van der Waals surface area contributed by atoms with Gasteiger partial charge in [0.2, 0.25) is 11.8 Å². The number of alkyl halides is 1. The number of fused-ring (bicyclic) bond motifs is 1. The minimum Gasteiger partial charge on any atom is -0.466 e. The summed E-state index contributed by atoms with van der Waals surface area (Å²) in [6, 6.07) is 6.57. The van der Waals surface area contributed by atoms with Gasteiger partial charge in [0.05, 0.1) is 31.2 Å². The number of hydrogen-bond acceptors (Lipinski definition) is 7. The molecule has 0 aromatic heterocycles. The molecule has 0 aliphatic carbocycles. The number of carbonyl (C=O) groups excluding carboxylic acids is 3. The molecule has 2 bridgehead atoms. The lowest BCUT2D eigenvalue weighted by Gasteiger charge is -2.33. The van der Waals surface area contributed by atoms with Crippen LogP contribution in [0.25, 0.3) is 0 Å². The van der Waals surface area contributed by atoms with Crippen LogP contribution < -0.4 is 10.2 Å². The van der Waals surface area contributed by atoms with Crippen LogP contribution in [0.4, 0.5) is 11.4 Å². The first-order valence-corrected chi connectivity index (χ1v) is 12.8. The smallest absolute Gasteiger partial charge is 0.312 e. The maximum atomic E-state index is 13.6. The third kappa shape index (κ3) is 3.89. The van der Waals surface area contributed by atoms with Crippen molar-refractivity contribution >= 4 is 45.1 Å². The van der Waals surface area contributed by atoms with Crippen molar-refractivity contribution in [3.8, 4) is 0 Å². The Balaban J connectivity index is 1.63. The fraction of sp³-hybridized carbons (Fsp3) is 0.625. The fourth-order valence-electron chi connectivity index (χ4n) is 5.84. The lowest BCUT2D eigenvalue weighted by Crippen LogP contribution is -2.54. The molecule has 1 aromatic carbocycles. The molecule has 2 amide bonds. The van der Waals surface area contributed by atoms with Crippen molar-refractivity contribution in [1.82, 2.24) is 4.90 Å². The highest BCUT2D eigenvalue weighted by Gasteiger charge is 2.76. The molecule has 34 heavy (non-hydrogen) atoms. The zero-order valence-corrected chi connectivity index (χ0v) is 21.3. The van der Waals surface area contributed by atoms with Gasteiger partial charge in [0, 0.05) is 35.8 Å².